The maximum atomic E-state index is 5.70. The first-order valence-electron chi connectivity index (χ1n) is 5.12. The van der Waals surface area contributed by atoms with Crippen molar-refractivity contribution in [2.45, 2.75) is 18.9 Å². The Morgan fingerprint density at radius 3 is 3.00 bits per heavy atom. The molecule has 1 N–H and O–H groups in total. The van der Waals surface area contributed by atoms with Crippen molar-refractivity contribution in [1.82, 2.24) is 15.3 Å². The van der Waals surface area contributed by atoms with E-state index in [2.05, 4.69) is 15.3 Å². The molecule has 1 unspecified atom stereocenters. The van der Waals surface area contributed by atoms with Gasteiger partial charge in [-0.25, -0.2) is 9.97 Å². The Balaban J connectivity index is 1.96. The zero-order chi connectivity index (χ0) is 10.5. The number of hydrogen-bond acceptors (Lipinski definition) is 5. The van der Waals surface area contributed by atoms with Crippen LogP contribution in [0, 0.1) is 0 Å². The van der Waals surface area contributed by atoms with E-state index >= 15 is 0 Å². The molecule has 5 nitrogen and oxygen atoms in total. The van der Waals surface area contributed by atoms with Gasteiger partial charge in [0.15, 0.2) is 0 Å². The van der Waals surface area contributed by atoms with Crippen LogP contribution >= 0.6 is 0 Å². The third-order valence-corrected chi connectivity index (χ3v) is 2.37. The summed E-state index contributed by atoms with van der Waals surface area (Å²) >= 11 is 0. The number of nitrogens with zero attached hydrogens (tertiary/aromatic N) is 2. The minimum absolute atomic E-state index is 0.207. The van der Waals surface area contributed by atoms with Crippen LogP contribution in [0.2, 0.25) is 0 Å². The Labute approximate surface area is 88.8 Å². The van der Waals surface area contributed by atoms with E-state index in [1.807, 2.05) is 0 Å². The Morgan fingerprint density at radius 2 is 2.27 bits per heavy atom. The molecule has 1 aromatic heterocycles. The molecule has 2 rings (SSSR count). The zero-order valence-corrected chi connectivity index (χ0v) is 8.77. The predicted molar refractivity (Wildman–Crippen MR) is 55.1 cm³/mol. The quantitative estimate of drug-likeness (QED) is 0.790. The standard InChI is InChI=1S/C10H15N3O2/c1-14-9-5-10(13-7-12-9)15-8-3-2-4-11-6-8/h5,7-8,11H,2-4,6H2,1H3. The maximum absolute atomic E-state index is 5.70. The molecule has 5 heteroatoms. The fourth-order valence-corrected chi connectivity index (χ4v) is 1.59. The first kappa shape index (κ1) is 10.2. The molecule has 0 saturated carbocycles. The first-order valence-corrected chi connectivity index (χ1v) is 5.12. The lowest BCUT2D eigenvalue weighted by Crippen LogP contribution is -2.37. The normalized spacial score (nSPS) is 21.0. The van der Waals surface area contributed by atoms with Gasteiger partial charge in [0.25, 0.3) is 0 Å². The van der Waals surface area contributed by atoms with Gasteiger partial charge in [-0.05, 0) is 19.4 Å². The first-order chi connectivity index (χ1) is 7.38. The van der Waals surface area contributed by atoms with Crippen molar-refractivity contribution >= 4 is 0 Å². The van der Waals surface area contributed by atoms with Crippen LogP contribution in [0.5, 0.6) is 11.8 Å². The van der Waals surface area contributed by atoms with Crippen LogP contribution in [0.15, 0.2) is 12.4 Å². The molecule has 1 fully saturated rings. The summed E-state index contributed by atoms with van der Waals surface area (Å²) in [6.45, 7) is 1.96. The van der Waals surface area contributed by atoms with E-state index in [0.717, 1.165) is 25.9 Å². The Hall–Kier alpha value is -1.36. The summed E-state index contributed by atoms with van der Waals surface area (Å²) in [5.41, 5.74) is 0. The topological polar surface area (TPSA) is 56.3 Å². The third kappa shape index (κ3) is 2.79. The van der Waals surface area contributed by atoms with E-state index in [9.17, 15) is 0 Å². The number of rotatable bonds is 3. The van der Waals surface area contributed by atoms with Crippen LogP contribution in [0.4, 0.5) is 0 Å². The minimum atomic E-state index is 0.207. The van der Waals surface area contributed by atoms with Crippen molar-refractivity contribution in [1.29, 1.82) is 0 Å². The average molecular weight is 209 g/mol. The smallest absolute Gasteiger partial charge is 0.220 e. The lowest BCUT2D eigenvalue weighted by atomic mass is 10.1. The molecule has 1 aliphatic rings. The molecule has 0 aliphatic carbocycles. The summed E-state index contributed by atoms with van der Waals surface area (Å²) in [4.78, 5) is 7.96. The third-order valence-electron chi connectivity index (χ3n) is 2.37. The highest BCUT2D eigenvalue weighted by Gasteiger charge is 2.15. The second-order valence-corrected chi connectivity index (χ2v) is 3.48. The summed E-state index contributed by atoms with van der Waals surface area (Å²) < 4.78 is 10.7. The molecule has 1 atom stereocenters. The van der Waals surface area contributed by atoms with Gasteiger partial charge in [0.05, 0.1) is 13.2 Å². The van der Waals surface area contributed by atoms with Gasteiger partial charge in [0, 0.05) is 6.54 Å². The van der Waals surface area contributed by atoms with Gasteiger partial charge in [-0.2, -0.15) is 0 Å². The monoisotopic (exact) mass is 209 g/mol. The van der Waals surface area contributed by atoms with Crippen molar-refractivity contribution in [3.63, 3.8) is 0 Å². The number of piperidine rings is 1. The summed E-state index contributed by atoms with van der Waals surface area (Å²) in [5.74, 6) is 1.11. The Kier molecular flexibility index (Phi) is 3.34. The van der Waals surface area contributed by atoms with Crippen LogP contribution in [-0.4, -0.2) is 36.3 Å². The second kappa shape index (κ2) is 4.93. The van der Waals surface area contributed by atoms with Gasteiger partial charge >= 0.3 is 0 Å². The fraction of sp³-hybridized carbons (Fsp3) is 0.600. The van der Waals surface area contributed by atoms with Gasteiger partial charge in [-0.15, -0.1) is 0 Å². The Bertz CT molecular complexity index is 313. The zero-order valence-electron chi connectivity index (χ0n) is 8.77. The molecule has 0 spiro atoms. The largest absolute Gasteiger partial charge is 0.481 e. The molecular formula is C10H15N3O2. The Morgan fingerprint density at radius 1 is 1.40 bits per heavy atom. The van der Waals surface area contributed by atoms with E-state index < -0.39 is 0 Å². The van der Waals surface area contributed by atoms with Gasteiger partial charge < -0.3 is 14.8 Å². The number of aromatic nitrogens is 2. The highest BCUT2D eigenvalue weighted by molar-refractivity contribution is 5.18. The van der Waals surface area contributed by atoms with Gasteiger partial charge in [-0.3, -0.25) is 0 Å². The van der Waals surface area contributed by atoms with E-state index in [4.69, 9.17) is 9.47 Å². The molecule has 1 aromatic rings. The van der Waals surface area contributed by atoms with Crippen LogP contribution in [0.1, 0.15) is 12.8 Å². The molecule has 0 bridgehead atoms. The molecule has 82 valence electrons. The lowest BCUT2D eigenvalue weighted by molar-refractivity contribution is 0.159. The lowest BCUT2D eigenvalue weighted by Gasteiger charge is -2.23. The van der Waals surface area contributed by atoms with Crippen molar-refractivity contribution in [3.05, 3.63) is 12.4 Å². The fourth-order valence-electron chi connectivity index (χ4n) is 1.59. The van der Waals surface area contributed by atoms with Gasteiger partial charge in [0.2, 0.25) is 11.8 Å². The summed E-state index contributed by atoms with van der Waals surface area (Å²) in [6.07, 6.45) is 3.87. The number of methoxy groups -OCH3 is 1. The van der Waals surface area contributed by atoms with E-state index in [1.165, 1.54) is 6.33 Å². The van der Waals surface area contributed by atoms with Crippen LogP contribution < -0.4 is 14.8 Å². The van der Waals surface area contributed by atoms with Crippen molar-refractivity contribution in [3.8, 4) is 11.8 Å². The number of ether oxygens (including phenoxy) is 2. The SMILES string of the molecule is COc1cc(OC2CCCNC2)ncn1. The van der Waals surface area contributed by atoms with Crippen molar-refractivity contribution in [2.75, 3.05) is 20.2 Å². The predicted octanol–water partition coefficient (Wildman–Crippen LogP) is 0.616. The highest BCUT2D eigenvalue weighted by Crippen LogP contribution is 2.16. The number of hydrogen-bond donors (Lipinski definition) is 1. The van der Waals surface area contributed by atoms with Crippen LogP contribution in [0.25, 0.3) is 0 Å². The second-order valence-electron chi connectivity index (χ2n) is 3.48. The van der Waals surface area contributed by atoms with E-state index in [0.29, 0.717) is 11.8 Å². The molecule has 0 amide bonds. The molecule has 2 heterocycles. The maximum Gasteiger partial charge on any atom is 0.220 e. The molecule has 0 radical (unpaired) electrons. The molecular weight excluding hydrogens is 194 g/mol. The van der Waals surface area contributed by atoms with Gasteiger partial charge in [-0.1, -0.05) is 0 Å². The average Bonchev–Trinajstić information content (AvgIpc) is 2.31. The molecule has 1 aliphatic heterocycles. The van der Waals surface area contributed by atoms with E-state index in [1.54, 1.807) is 13.2 Å². The summed E-state index contributed by atoms with van der Waals surface area (Å²) in [5, 5.41) is 3.28. The molecule has 1 saturated heterocycles. The summed E-state index contributed by atoms with van der Waals surface area (Å²) in [6, 6.07) is 1.70. The minimum Gasteiger partial charge on any atom is -0.481 e. The van der Waals surface area contributed by atoms with Gasteiger partial charge in [0.1, 0.15) is 12.4 Å². The molecule has 15 heavy (non-hydrogen) atoms. The van der Waals surface area contributed by atoms with Crippen molar-refractivity contribution < 1.29 is 9.47 Å². The van der Waals surface area contributed by atoms with Crippen molar-refractivity contribution in [2.24, 2.45) is 0 Å². The number of nitrogens with one attached hydrogen (secondary N) is 1. The highest BCUT2D eigenvalue weighted by atomic mass is 16.5. The van der Waals surface area contributed by atoms with Crippen LogP contribution in [0.3, 0.4) is 0 Å². The summed E-state index contributed by atoms with van der Waals surface area (Å²) in [7, 11) is 1.58. The van der Waals surface area contributed by atoms with Crippen LogP contribution in [-0.2, 0) is 0 Å². The van der Waals surface area contributed by atoms with E-state index in [-0.39, 0.29) is 6.10 Å². The molecule has 0 aromatic carbocycles.